The highest BCUT2D eigenvalue weighted by Gasteiger charge is 2.28. The molecule has 1 aliphatic rings. The van der Waals surface area contributed by atoms with Gasteiger partial charge in [0.25, 0.3) is 5.91 Å². The summed E-state index contributed by atoms with van der Waals surface area (Å²) < 4.78 is 16.2. The minimum atomic E-state index is -0.552. The molecule has 1 N–H and O–H groups in total. The molecule has 1 amide bonds. The van der Waals surface area contributed by atoms with Crippen molar-refractivity contribution in [1.82, 2.24) is 4.98 Å². The van der Waals surface area contributed by atoms with Crippen molar-refractivity contribution < 1.29 is 23.5 Å². The van der Waals surface area contributed by atoms with Gasteiger partial charge in [0.2, 0.25) is 0 Å². The largest absolute Gasteiger partial charge is 0.495 e. The van der Waals surface area contributed by atoms with Crippen LogP contribution in [0.4, 0.5) is 5.69 Å². The number of carbonyl (C=O) groups is 2. The Labute approximate surface area is 196 Å². The van der Waals surface area contributed by atoms with Gasteiger partial charge in [-0.3, -0.25) is 4.79 Å². The number of amides is 1. The van der Waals surface area contributed by atoms with E-state index in [-0.39, 0.29) is 0 Å². The number of ether oxygens (including phenoxy) is 2. The smallest absolute Gasteiger partial charge is 0.339 e. The number of fused-ring (bicyclic) bond motifs is 2. The summed E-state index contributed by atoms with van der Waals surface area (Å²) in [5.74, 6) is 0.251. The molecule has 5 rings (SSSR count). The van der Waals surface area contributed by atoms with Gasteiger partial charge in [0.15, 0.2) is 6.61 Å². The molecule has 0 saturated carbocycles. The first-order valence-corrected chi connectivity index (χ1v) is 10.9. The minimum Gasteiger partial charge on any atom is -0.495 e. The lowest BCUT2D eigenvalue weighted by molar-refractivity contribution is -0.119. The molecule has 4 aromatic rings. The third-order valence-corrected chi connectivity index (χ3v) is 5.72. The van der Waals surface area contributed by atoms with Crippen LogP contribution in [-0.4, -0.2) is 30.6 Å². The quantitative estimate of drug-likeness (QED) is 0.407. The highest BCUT2D eigenvalue weighted by molar-refractivity contribution is 6.08. The summed E-state index contributed by atoms with van der Waals surface area (Å²) in [4.78, 5) is 30.5. The summed E-state index contributed by atoms with van der Waals surface area (Å²) in [7, 11) is 1.52. The van der Waals surface area contributed by atoms with Crippen LogP contribution in [0.15, 0.2) is 71.3 Å². The van der Waals surface area contributed by atoms with Crippen LogP contribution < -0.4 is 10.1 Å². The van der Waals surface area contributed by atoms with E-state index >= 15 is 0 Å². The number of allylic oxidation sites excluding steroid dienone is 1. The lowest BCUT2D eigenvalue weighted by Gasteiger charge is -2.13. The van der Waals surface area contributed by atoms with E-state index in [4.69, 9.17) is 18.9 Å². The molecular formula is C27H22N2O5. The molecule has 170 valence electrons. The van der Waals surface area contributed by atoms with Crippen molar-refractivity contribution >= 4 is 40.1 Å². The first-order valence-electron chi connectivity index (χ1n) is 10.9. The van der Waals surface area contributed by atoms with E-state index in [9.17, 15) is 9.59 Å². The Hall–Kier alpha value is -4.39. The number of methoxy groups -OCH3 is 1. The number of esters is 1. The van der Waals surface area contributed by atoms with Gasteiger partial charge in [-0.15, -0.1) is 0 Å². The molecule has 2 heterocycles. The van der Waals surface area contributed by atoms with Crippen molar-refractivity contribution in [3.05, 3.63) is 89.5 Å². The zero-order valence-corrected chi connectivity index (χ0v) is 18.5. The van der Waals surface area contributed by atoms with Crippen LogP contribution in [-0.2, 0) is 16.0 Å². The van der Waals surface area contributed by atoms with E-state index in [1.165, 1.54) is 7.11 Å². The third kappa shape index (κ3) is 4.15. The average molecular weight is 454 g/mol. The number of hydrogen-bond acceptors (Lipinski definition) is 6. The molecule has 1 aliphatic carbocycles. The van der Waals surface area contributed by atoms with Gasteiger partial charge in [-0.05, 0) is 60.4 Å². The molecule has 0 aliphatic heterocycles. The molecule has 0 radical (unpaired) electrons. The number of carbonyl (C=O) groups excluding carboxylic acids is 2. The fourth-order valence-electron chi connectivity index (χ4n) is 4.19. The van der Waals surface area contributed by atoms with Crippen molar-refractivity contribution in [3.8, 4) is 5.75 Å². The molecule has 2 aromatic heterocycles. The van der Waals surface area contributed by atoms with E-state index in [2.05, 4.69) is 5.32 Å². The molecule has 0 atom stereocenters. The summed E-state index contributed by atoms with van der Waals surface area (Å²) in [6.07, 6.45) is 4.95. The number of hydrogen-bond donors (Lipinski definition) is 1. The monoisotopic (exact) mass is 454 g/mol. The first kappa shape index (κ1) is 21.5. The number of nitrogens with one attached hydrogen (secondary N) is 1. The van der Waals surface area contributed by atoms with Crippen molar-refractivity contribution in [2.45, 2.75) is 12.8 Å². The van der Waals surface area contributed by atoms with E-state index in [1.54, 1.807) is 30.5 Å². The molecule has 7 heteroatoms. The highest BCUT2D eigenvalue weighted by Crippen LogP contribution is 2.37. The molecule has 34 heavy (non-hydrogen) atoms. The van der Waals surface area contributed by atoms with Crippen LogP contribution >= 0.6 is 0 Å². The maximum Gasteiger partial charge on any atom is 0.339 e. The second-order valence-electron chi connectivity index (χ2n) is 7.84. The average Bonchev–Trinajstić information content (AvgIpc) is 3.52. The number of aromatic nitrogens is 1. The Morgan fingerprint density at radius 1 is 1.06 bits per heavy atom. The van der Waals surface area contributed by atoms with Crippen LogP contribution in [0.25, 0.3) is 22.6 Å². The Morgan fingerprint density at radius 3 is 2.71 bits per heavy atom. The van der Waals surface area contributed by atoms with Crippen LogP contribution in [0, 0.1) is 0 Å². The summed E-state index contributed by atoms with van der Waals surface area (Å²) in [5, 5.41) is 3.42. The predicted molar refractivity (Wildman–Crippen MR) is 129 cm³/mol. The minimum absolute atomic E-state index is 0.419. The number of nitrogens with zero attached hydrogens (tertiary/aromatic N) is 1. The maximum atomic E-state index is 13.2. The zero-order valence-electron chi connectivity index (χ0n) is 18.5. The number of anilines is 1. The Balaban J connectivity index is 1.42. The number of para-hydroxylation sites is 3. The standard InChI is InChI=1S/C27H22N2O5/c1-32-23-11-5-4-10-22(23)28-24(30)16-34-27(31)25-19-8-2-3-9-21(19)29-26-17(12-13-20(25)26)15-18-7-6-14-33-18/h2-11,14-15H,12-13,16H2,1H3,(H,28,30)/b17-15+. The van der Waals surface area contributed by atoms with Crippen molar-refractivity contribution in [2.24, 2.45) is 0 Å². The van der Waals surface area contributed by atoms with Gasteiger partial charge < -0.3 is 19.2 Å². The molecule has 2 aromatic carbocycles. The molecule has 0 spiro atoms. The van der Waals surface area contributed by atoms with Gasteiger partial charge in [-0.2, -0.15) is 0 Å². The van der Waals surface area contributed by atoms with Crippen molar-refractivity contribution in [3.63, 3.8) is 0 Å². The summed E-state index contributed by atoms with van der Waals surface area (Å²) in [6, 6.07) is 18.2. The maximum absolute atomic E-state index is 13.2. The molecular weight excluding hydrogens is 432 g/mol. The van der Waals surface area contributed by atoms with E-state index in [0.717, 1.165) is 29.0 Å². The molecule has 0 bridgehead atoms. The molecule has 0 fully saturated rings. The number of pyridine rings is 1. The van der Waals surface area contributed by atoms with Crippen LogP contribution in [0.3, 0.4) is 0 Å². The number of furan rings is 1. The van der Waals surface area contributed by atoms with Gasteiger partial charge in [-0.25, -0.2) is 9.78 Å². The van der Waals surface area contributed by atoms with Gasteiger partial charge in [0, 0.05) is 5.39 Å². The van der Waals surface area contributed by atoms with Gasteiger partial charge in [0.05, 0.1) is 35.8 Å². The van der Waals surface area contributed by atoms with E-state index in [1.807, 2.05) is 42.5 Å². The highest BCUT2D eigenvalue weighted by atomic mass is 16.5. The predicted octanol–water partition coefficient (Wildman–Crippen LogP) is 5.12. The van der Waals surface area contributed by atoms with Crippen molar-refractivity contribution in [1.29, 1.82) is 0 Å². The Kier molecular flexibility index (Phi) is 5.82. The first-order chi connectivity index (χ1) is 16.6. The van der Waals surface area contributed by atoms with Crippen LogP contribution in [0.2, 0.25) is 0 Å². The molecule has 7 nitrogen and oxygen atoms in total. The van der Waals surface area contributed by atoms with Gasteiger partial charge in [0.1, 0.15) is 11.5 Å². The van der Waals surface area contributed by atoms with Crippen LogP contribution in [0.1, 0.15) is 33.8 Å². The lowest BCUT2D eigenvalue weighted by atomic mass is 10.0. The summed E-state index contributed by atoms with van der Waals surface area (Å²) in [5.41, 5.74) is 4.24. The lowest BCUT2D eigenvalue weighted by Crippen LogP contribution is -2.22. The fourth-order valence-corrected chi connectivity index (χ4v) is 4.19. The SMILES string of the molecule is COc1ccccc1NC(=O)COC(=O)c1c2c(nc3ccccc13)/C(=C/c1ccco1)CC2. The number of benzene rings is 2. The fraction of sp³-hybridized carbons (Fsp3) is 0.148. The van der Waals surface area contributed by atoms with Gasteiger partial charge >= 0.3 is 5.97 Å². The molecule has 0 unspecified atom stereocenters. The normalized spacial score (nSPS) is 13.6. The van der Waals surface area contributed by atoms with Gasteiger partial charge in [-0.1, -0.05) is 30.3 Å². The Morgan fingerprint density at radius 2 is 1.88 bits per heavy atom. The second-order valence-corrected chi connectivity index (χ2v) is 7.84. The van der Waals surface area contributed by atoms with E-state index in [0.29, 0.717) is 34.3 Å². The van der Waals surface area contributed by atoms with Crippen LogP contribution in [0.5, 0.6) is 5.75 Å². The Bertz CT molecular complexity index is 1410. The third-order valence-electron chi connectivity index (χ3n) is 5.72. The summed E-state index contributed by atoms with van der Waals surface area (Å²) >= 11 is 0. The topological polar surface area (TPSA) is 90.7 Å². The molecule has 0 saturated heterocycles. The number of rotatable bonds is 6. The second kappa shape index (κ2) is 9.23. The van der Waals surface area contributed by atoms with Crippen molar-refractivity contribution in [2.75, 3.05) is 19.0 Å². The zero-order chi connectivity index (χ0) is 23.5. The summed E-state index contributed by atoms with van der Waals surface area (Å²) in [6.45, 7) is -0.419. The van der Waals surface area contributed by atoms with E-state index < -0.39 is 18.5 Å².